The highest BCUT2D eigenvalue weighted by Crippen LogP contribution is 2.20. The van der Waals surface area contributed by atoms with Gasteiger partial charge in [-0.05, 0) is 32.0 Å². The maximum Gasteiger partial charge on any atom is 0.254 e. The molecule has 0 aliphatic rings. The lowest BCUT2D eigenvalue weighted by atomic mass is 10.3. The molecule has 0 radical (unpaired) electrons. The third kappa shape index (κ3) is 3.07. The first-order chi connectivity index (χ1) is 11.4. The Bertz CT molecular complexity index is 962. The van der Waals surface area contributed by atoms with E-state index in [1.54, 1.807) is 23.0 Å². The summed E-state index contributed by atoms with van der Waals surface area (Å²) in [4.78, 5) is 0. The number of nitrogens with zero attached hydrogens (tertiary/aromatic N) is 5. The molecule has 0 N–H and O–H groups in total. The summed E-state index contributed by atoms with van der Waals surface area (Å²) in [6.07, 6.45) is 2.90. The van der Waals surface area contributed by atoms with E-state index in [9.17, 15) is 12.8 Å². The standard InChI is InChI=1S/C15H16FN5O2S/c1-11(2)21-8-7-12(19-21)9-24(22,23)15-18-17-10-20(15)14-6-4-3-5-13(14)16/h3-8,10-11H,9H2,1-2H3. The number of hydrogen-bond acceptors (Lipinski definition) is 5. The van der Waals surface area contributed by atoms with Crippen molar-refractivity contribution in [3.63, 3.8) is 0 Å². The summed E-state index contributed by atoms with van der Waals surface area (Å²) in [6, 6.07) is 7.61. The average Bonchev–Trinajstić information content (AvgIpc) is 3.16. The summed E-state index contributed by atoms with van der Waals surface area (Å²) < 4.78 is 42.1. The van der Waals surface area contributed by atoms with Gasteiger partial charge in [-0.25, -0.2) is 12.8 Å². The van der Waals surface area contributed by atoms with Crippen molar-refractivity contribution in [1.29, 1.82) is 0 Å². The van der Waals surface area contributed by atoms with Gasteiger partial charge in [0.25, 0.3) is 5.16 Å². The zero-order valence-electron chi connectivity index (χ0n) is 13.2. The molecule has 0 fully saturated rings. The van der Waals surface area contributed by atoms with Crippen molar-refractivity contribution in [3.05, 3.63) is 54.4 Å². The first-order valence-corrected chi connectivity index (χ1v) is 8.95. The monoisotopic (exact) mass is 349 g/mol. The normalized spacial score (nSPS) is 12.0. The minimum atomic E-state index is -3.83. The van der Waals surface area contributed by atoms with Gasteiger partial charge < -0.3 is 0 Å². The fourth-order valence-electron chi connectivity index (χ4n) is 2.25. The van der Waals surface area contributed by atoms with Crippen LogP contribution >= 0.6 is 0 Å². The van der Waals surface area contributed by atoms with Crippen LogP contribution < -0.4 is 0 Å². The molecule has 9 heteroatoms. The average molecular weight is 349 g/mol. The Kier molecular flexibility index (Phi) is 4.18. The van der Waals surface area contributed by atoms with Gasteiger partial charge in [0.15, 0.2) is 0 Å². The van der Waals surface area contributed by atoms with Crippen molar-refractivity contribution in [1.82, 2.24) is 24.5 Å². The summed E-state index contributed by atoms with van der Waals surface area (Å²) in [5.74, 6) is -0.891. The van der Waals surface area contributed by atoms with Crippen LogP contribution in [0.2, 0.25) is 0 Å². The Hall–Kier alpha value is -2.55. The number of aromatic nitrogens is 5. The number of hydrogen-bond donors (Lipinski definition) is 0. The third-order valence-corrected chi connectivity index (χ3v) is 4.95. The summed E-state index contributed by atoms with van der Waals surface area (Å²) in [5, 5.41) is 11.2. The van der Waals surface area contributed by atoms with E-state index in [4.69, 9.17) is 0 Å². The highest BCUT2D eigenvalue weighted by atomic mass is 32.2. The summed E-state index contributed by atoms with van der Waals surface area (Å²) in [5.41, 5.74) is 0.473. The van der Waals surface area contributed by atoms with E-state index < -0.39 is 15.7 Å². The molecule has 0 saturated carbocycles. The van der Waals surface area contributed by atoms with Crippen molar-refractivity contribution in [2.75, 3.05) is 0 Å². The minimum absolute atomic E-state index is 0.0776. The van der Waals surface area contributed by atoms with E-state index in [-0.39, 0.29) is 22.6 Å². The van der Waals surface area contributed by atoms with E-state index >= 15 is 0 Å². The molecule has 3 aromatic rings. The lowest BCUT2D eigenvalue weighted by molar-refractivity contribution is 0.527. The second-order valence-corrected chi connectivity index (χ2v) is 7.46. The summed E-state index contributed by atoms with van der Waals surface area (Å²) in [7, 11) is -3.83. The third-order valence-electron chi connectivity index (χ3n) is 3.44. The topological polar surface area (TPSA) is 82.7 Å². The zero-order chi connectivity index (χ0) is 17.3. The van der Waals surface area contributed by atoms with Crippen LogP contribution in [0.1, 0.15) is 25.6 Å². The van der Waals surface area contributed by atoms with Crippen LogP contribution in [0.5, 0.6) is 0 Å². The second-order valence-electron chi connectivity index (χ2n) is 5.57. The van der Waals surface area contributed by atoms with Crippen LogP contribution in [0.15, 0.2) is 48.0 Å². The molecular weight excluding hydrogens is 333 g/mol. The molecule has 1 aromatic carbocycles. The highest BCUT2D eigenvalue weighted by Gasteiger charge is 2.25. The molecule has 0 unspecified atom stereocenters. The van der Waals surface area contributed by atoms with Crippen molar-refractivity contribution in [2.45, 2.75) is 30.8 Å². The Balaban J connectivity index is 1.96. The van der Waals surface area contributed by atoms with Crippen molar-refractivity contribution in [2.24, 2.45) is 0 Å². The molecule has 0 amide bonds. The fraction of sp³-hybridized carbons (Fsp3) is 0.267. The van der Waals surface area contributed by atoms with Gasteiger partial charge in [-0.1, -0.05) is 12.1 Å². The van der Waals surface area contributed by atoms with E-state index in [0.29, 0.717) is 5.69 Å². The Labute approximate surface area is 138 Å². The van der Waals surface area contributed by atoms with Crippen LogP contribution in [0.3, 0.4) is 0 Å². The Morgan fingerprint density at radius 1 is 1.21 bits per heavy atom. The predicted octanol–water partition coefficient (Wildman–Crippen LogP) is 2.16. The maximum absolute atomic E-state index is 14.0. The molecule has 0 saturated heterocycles. The molecule has 0 aliphatic heterocycles. The molecular formula is C15H16FN5O2S. The van der Waals surface area contributed by atoms with Crippen molar-refractivity contribution >= 4 is 9.84 Å². The lowest BCUT2D eigenvalue weighted by Crippen LogP contribution is -2.13. The molecule has 3 rings (SSSR count). The maximum atomic E-state index is 14.0. The molecule has 2 heterocycles. The van der Waals surface area contributed by atoms with Crippen LogP contribution in [0.4, 0.5) is 4.39 Å². The van der Waals surface area contributed by atoms with Crippen molar-refractivity contribution in [3.8, 4) is 5.69 Å². The van der Waals surface area contributed by atoms with Gasteiger partial charge in [0.1, 0.15) is 17.9 Å². The molecule has 0 aliphatic carbocycles. The molecule has 0 atom stereocenters. The smallest absolute Gasteiger partial charge is 0.254 e. The van der Waals surface area contributed by atoms with E-state index in [1.807, 2.05) is 13.8 Å². The quantitative estimate of drug-likeness (QED) is 0.705. The highest BCUT2D eigenvalue weighted by molar-refractivity contribution is 7.90. The van der Waals surface area contributed by atoms with Gasteiger partial charge in [0.2, 0.25) is 9.84 Å². The Morgan fingerprint density at radius 2 is 1.96 bits per heavy atom. The number of benzene rings is 1. The minimum Gasteiger partial charge on any atom is -0.270 e. The molecule has 126 valence electrons. The lowest BCUT2D eigenvalue weighted by Gasteiger charge is -2.08. The molecule has 7 nitrogen and oxygen atoms in total. The molecule has 0 bridgehead atoms. The van der Waals surface area contributed by atoms with Gasteiger partial charge in [-0.2, -0.15) is 5.10 Å². The molecule has 2 aromatic heterocycles. The van der Waals surface area contributed by atoms with Crippen LogP contribution in [0, 0.1) is 5.82 Å². The zero-order valence-corrected chi connectivity index (χ0v) is 14.0. The number of halogens is 1. The van der Waals surface area contributed by atoms with Crippen LogP contribution in [-0.2, 0) is 15.6 Å². The number of rotatable bonds is 5. The van der Waals surface area contributed by atoms with Crippen molar-refractivity contribution < 1.29 is 12.8 Å². The van der Waals surface area contributed by atoms with Gasteiger partial charge in [-0.15, -0.1) is 10.2 Å². The van der Waals surface area contributed by atoms with Gasteiger partial charge in [0, 0.05) is 12.2 Å². The fourth-order valence-corrected chi connectivity index (χ4v) is 3.54. The first-order valence-electron chi connectivity index (χ1n) is 7.30. The molecule has 24 heavy (non-hydrogen) atoms. The van der Waals surface area contributed by atoms with E-state index in [2.05, 4.69) is 15.3 Å². The van der Waals surface area contributed by atoms with E-state index in [1.165, 1.54) is 24.5 Å². The van der Waals surface area contributed by atoms with Gasteiger partial charge in [-0.3, -0.25) is 9.25 Å². The first kappa shape index (κ1) is 16.3. The summed E-state index contributed by atoms with van der Waals surface area (Å²) in [6.45, 7) is 3.89. The SMILES string of the molecule is CC(C)n1ccc(CS(=O)(=O)c2nncn2-c2ccccc2F)n1. The van der Waals surface area contributed by atoms with Crippen LogP contribution in [0.25, 0.3) is 5.69 Å². The van der Waals surface area contributed by atoms with Crippen LogP contribution in [-0.4, -0.2) is 33.0 Å². The van der Waals surface area contributed by atoms with Gasteiger partial charge in [0.05, 0.1) is 11.4 Å². The molecule has 0 spiro atoms. The Morgan fingerprint density at radius 3 is 2.62 bits per heavy atom. The van der Waals surface area contributed by atoms with E-state index in [0.717, 1.165) is 4.57 Å². The number of sulfone groups is 1. The largest absolute Gasteiger partial charge is 0.270 e. The van der Waals surface area contributed by atoms with Gasteiger partial charge >= 0.3 is 0 Å². The summed E-state index contributed by atoms with van der Waals surface area (Å²) >= 11 is 0. The second kappa shape index (κ2) is 6.16. The number of para-hydroxylation sites is 1. The predicted molar refractivity (Wildman–Crippen MR) is 84.8 cm³/mol.